The summed E-state index contributed by atoms with van der Waals surface area (Å²) in [5, 5.41) is 4.09. The number of nitrogens with zero attached hydrogens (tertiary/aromatic N) is 2. The Hall–Kier alpha value is -1.12. The average molecular weight is 398 g/mol. The van der Waals surface area contributed by atoms with Crippen LogP contribution in [0.25, 0.3) is 0 Å². The van der Waals surface area contributed by atoms with E-state index < -0.39 is 19.8 Å². The Morgan fingerprint density at radius 2 is 2.19 bits per heavy atom. The topological polar surface area (TPSA) is 61.2 Å². The normalized spacial score (nSPS) is 11.6. The summed E-state index contributed by atoms with van der Waals surface area (Å²) in [6, 6.07) is 2.05. The number of aryl methyl sites for hydroxylation is 1. The third-order valence-corrected chi connectivity index (χ3v) is 4.61. The summed E-state index contributed by atoms with van der Waals surface area (Å²) in [5.41, 5.74) is 0.818. The maximum atomic E-state index is 13.7. The van der Waals surface area contributed by atoms with Gasteiger partial charge in [-0.3, -0.25) is 4.68 Å². The van der Waals surface area contributed by atoms with Gasteiger partial charge >= 0.3 is 0 Å². The minimum Gasteiger partial charge on any atom is -0.487 e. The van der Waals surface area contributed by atoms with Gasteiger partial charge in [0.1, 0.15) is 23.1 Å². The minimum atomic E-state index is -4.14. The van der Waals surface area contributed by atoms with Crippen LogP contribution in [-0.2, 0) is 22.2 Å². The number of hydrogen-bond acceptors (Lipinski definition) is 4. The van der Waals surface area contributed by atoms with Gasteiger partial charge in [0.15, 0.2) is 0 Å². The lowest BCUT2D eigenvalue weighted by Gasteiger charge is -2.09. The third kappa shape index (κ3) is 3.96. The molecule has 1 aromatic carbocycles. The average Bonchev–Trinajstić information content (AvgIpc) is 2.86. The quantitative estimate of drug-likeness (QED) is 0.726. The molecule has 2 rings (SSSR count). The Morgan fingerprint density at radius 3 is 2.76 bits per heavy atom. The molecule has 0 atom stereocenters. The van der Waals surface area contributed by atoms with Crippen LogP contribution in [0.4, 0.5) is 4.39 Å². The molecule has 9 heteroatoms. The summed E-state index contributed by atoms with van der Waals surface area (Å²) in [4.78, 5) is -0.595. The first-order valence-corrected chi connectivity index (χ1v) is 8.99. The zero-order chi connectivity index (χ0) is 15.6. The van der Waals surface area contributed by atoms with Crippen LogP contribution in [0.2, 0.25) is 0 Å². The molecule has 0 spiro atoms. The molecule has 0 unspecified atom stereocenters. The van der Waals surface area contributed by atoms with Gasteiger partial charge in [0, 0.05) is 35.1 Å². The van der Waals surface area contributed by atoms with Gasteiger partial charge in [0.05, 0.1) is 10.7 Å². The fourth-order valence-electron chi connectivity index (χ4n) is 1.62. The fraction of sp³-hybridized carbons (Fsp3) is 0.250. The standard InChI is InChI=1S/C12H11BrClFN2O3S/c1-2-17-6-8(5-16-17)7-20-11-4-10(15)12(3-9(11)13)21(14,18)19/h3-6H,2,7H2,1H3. The summed E-state index contributed by atoms with van der Waals surface area (Å²) in [6.45, 7) is 2.88. The van der Waals surface area contributed by atoms with Crippen LogP contribution in [0, 0.1) is 5.82 Å². The van der Waals surface area contributed by atoms with E-state index in [1.807, 2.05) is 13.1 Å². The summed E-state index contributed by atoms with van der Waals surface area (Å²) in [5.74, 6) is -0.784. The Bertz CT molecular complexity index is 764. The molecule has 0 fully saturated rings. The van der Waals surface area contributed by atoms with E-state index in [0.717, 1.165) is 24.2 Å². The molecule has 2 aromatic rings. The number of benzene rings is 1. The van der Waals surface area contributed by atoms with E-state index in [-0.39, 0.29) is 12.4 Å². The number of ether oxygens (including phenoxy) is 1. The van der Waals surface area contributed by atoms with Crippen molar-refractivity contribution in [2.45, 2.75) is 25.0 Å². The van der Waals surface area contributed by atoms with E-state index in [4.69, 9.17) is 15.4 Å². The lowest BCUT2D eigenvalue weighted by Crippen LogP contribution is -2.00. The second kappa shape index (κ2) is 6.33. The first-order chi connectivity index (χ1) is 9.81. The van der Waals surface area contributed by atoms with Crippen molar-refractivity contribution in [2.24, 2.45) is 0 Å². The maximum absolute atomic E-state index is 13.7. The van der Waals surface area contributed by atoms with Gasteiger partial charge in [-0.25, -0.2) is 12.8 Å². The highest BCUT2D eigenvalue weighted by molar-refractivity contribution is 9.10. The molecule has 0 aliphatic heterocycles. The SMILES string of the molecule is CCn1cc(COc2cc(F)c(S(=O)(=O)Cl)cc2Br)cn1. The monoisotopic (exact) mass is 396 g/mol. The highest BCUT2D eigenvalue weighted by Gasteiger charge is 2.19. The fourth-order valence-corrected chi connectivity index (χ4v) is 3.14. The van der Waals surface area contributed by atoms with E-state index in [1.54, 1.807) is 10.9 Å². The molecular formula is C12H11BrClFN2O3S. The Morgan fingerprint density at radius 1 is 1.48 bits per heavy atom. The van der Waals surface area contributed by atoms with Gasteiger partial charge in [-0.1, -0.05) is 0 Å². The smallest absolute Gasteiger partial charge is 0.264 e. The molecule has 114 valence electrons. The third-order valence-electron chi connectivity index (χ3n) is 2.65. The van der Waals surface area contributed by atoms with Crippen LogP contribution in [0.3, 0.4) is 0 Å². The molecule has 0 bridgehead atoms. The van der Waals surface area contributed by atoms with Crippen molar-refractivity contribution >= 4 is 35.7 Å². The number of rotatable bonds is 5. The zero-order valence-electron chi connectivity index (χ0n) is 10.9. The van der Waals surface area contributed by atoms with Crippen molar-refractivity contribution in [2.75, 3.05) is 0 Å². The largest absolute Gasteiger partial charge is 0.487 e. The maximum Gasteiger partial charge on any atom is 0.264 e. The van der Waals surface area contributed by atoms with E-state index in [1.165, 1.54) is 0 Å². The molecular weight excluding hydrogens is 387 g/mol. The predicted octanol–water partition coefficient (Wildman–Crippen LogP) is 3.31. The van der Waals surface area contributed by atoms with Crippen molar-refractivity contribution in [1.29, 1.82) is 0 Å². The van der Waals surface area contributed by atoms with Crippen LogP contribution >= 0.6 is 26.6 Å². The van der Waals surface area contributed by atoms with Gasteiger partial charge < -0.3 is 4.74 Å². The second-order valence-corrected chi connectivity index (χ2v) is 7.53. The summed E-state index contributed by atoms with van der Waals surface area (Å²) in [6.07, 6.45) is 3.45. The van der Waals surface area contributed by atoms with E-state index >= 15 is 0 Å². The van der Waals surface area contributed by atoms with Crippen LogP contribution < -0.4 is 4.74 Å². The van der Waals surface area contributed by atoms with Gasteiger partial charge in [-0.2, -0.15) is 5.10 Å². The Kier molecular flexibility index (Phi) is 4.90. The van der Waals surface area contributed by atoms with Crippen LogP contribution in [0.15, 0.2) is 33.9 Å². The summed E-state index contributed by atoms with van der Waals surface area (Å²) in [7, 11) is 0.998. The molecule has 21 heavy (non-hydrogen) atoms. The van der Waals surface area contributed by atoms with Crippen molar-refractivity contribution in [3.63, 3.8) is 0 Å². The van der Waals surface area contributed by atoms with E-state index in [2.05, 4.69) is 21.0 Å². The Balaban J connectivity index is 2.19. The van der Waals surface area contributed by atoms with Crippen molar-refractivity contribution in [3.05, 3.63) is 40.4 Å². The highest BCUT2D eigenvalue weighted by Crippen LogP contribution is 2.32. The molecule has 0 amide bonds. The zero-order valence-corrected chi connectivity index (χ0v) is 14.0. The molecule has 0 saturated carbocycles. The first kappa shape index (κ1) is 16.3. The second-order valence-electron chi connectivity index (χ2n) is 4.14. The van der Waals surface area contributed by atoms with Gasteiger partial charge in [0.2, 0.25) is 0 Å². The minimum absolute atomic E-state index is 0.181. The molecule has 0 aliphatic carbocycles. The molecule has 1 heterocycles. The molecule has 0 radical (unpaired) electrons. The molecule has 0 saturated heterocycles. The van der Waals surface area contributed by atoms with Gasteiger partial charge in [0.25, 0.3) is 9.05 Å². The lowest BCUT2D eigenvalue weighted by atomic mass is 10.3. The van der Waals surface area contributed by atoms with E-state index in [9.17, 15) is 12.8 Å². The number of aromatic nitrogens is 2. The predicted molar refractivity (Wildman–Crippen MR) is 79.4 cm³/mol. The number of hydrogen-bond donors (Lipinski definition) is 0. The lowest BCUT2D eigenvalue weighted by molar-refractivity contribution is 0.302. The van der Waals surface area contributed by atoms with Crippen LogP contribution in [0.5, 0.6) is 5.75 Å². The van der Waals surface area contributed by atoms with E-state index in [0.29, 0.717) is 4.47 Å². The highest BCUT2D eigenvalue weighted by atomic mass is 79.9. The van der Waals surface area contributed by atoms with Crippen molar-refractivity contribution in [3.8, 4) is 5.75 Å². The molecule has 5 nitrogen and oxygen atoms in total. The molecule has 0 N–H and O–H groups in total. The number of halogens is 3. The first-order valence-electron chi connectivity index (χ1n) is 5.89. The summed E-state index contributed by atoms with van der Waals surface area (Å²) < 4.78 is 43.6. The summed E-state index contributed by atoms with van der Waals surface area (Å²) >= 11 is 3.13. The van der Waals surface area contributed by atoms with Gasteiger partial charge in [-0.05, 0) is 28.9 Å². The van der Waals surface area contributed by atoms with Crippen molar-refractivity contribution in [1.82, 2.24) is 9.78 Å². The van der Waals surface area contributed by atoms with Gasteiger partial charge in [-0.15, -0.1) is 0 Å². The van der Waals surface area contributed by atoms with Crippen LogP contribution in [-0.4, -0.2) is 18.2 Å². The Labute approximate surface area is 134 Å². The molecule has 1 aromatic heterocycles. The van der Waals surface area contributed by atoms with Crippen molar-refractivity contribution < 1.29 is 17.5 Å². The van der Waals surface area contributed by atoms with Crippen LogP contribution in [0.1, 0.15) is 12.5 Å². The molecule has 0 aliphatic rings.